The van der Waals surface area contributed by atoms with E-state index in [0.29, 0.717) is 22.2 Å². The monoisotopic (exact) mass is 384 g/mol. The van der Waals surface area contributed by atoms with Gasteiger partial charge in [0.15, 0.2) is 5.82 Å². The van der Waals surface area contributed by atoms with Crippen LogP contribution in [0.15, 0.2) is 54.9 Å². The second-order valence-corrected chi connectivity index (χ2v) is 6.49. The minimum atomic E-state index is -0.780. The van der Waals surface area contributed by atoms with Gasteiger partial charge in [0, 0.05) is 23.0 Å². The molecular formula is C21H18ClFN2O2. The molecule has 0 aliphatic carbocycles. The maximum Gasteiger partial charge on any atom is 0.346 e. The molecule has 0 radical (unpaired) electrons. The van der Waals surface area contributed by atoms with E-state index in [9.17, 15) is 9.18 Å². The zero-order valence-electron chi connectivity index (χ0n) is 14.8. The SMILES string of the molecule is CCCCc1cnc(-c2ccc(C(=O)Oc3ccc(Cl)cc3)c(F)c2)nc1. The van der Waals surface area contributed by atoms with Crippen LogP contribution in [0.25, 0.3) is 11.4 Å². The van der Waals surface area contributed by atoms with Crippen molar-refractivity contribution in [2.45, 2.75) is 26.2 Å². The summed E-state index contributed by atoms with van der Waals surface area (Å²) in [7, 11) is 0. The highest BCUT2D eigenvalue weighted by molar-refractivity contribution is 6.30. The smallest absolute Gasteiger partial charge is 0.346 e. The lowest BCUT2D eigenvalue weighted by Gasteiger charge is -2.07. The number of aromatic nitrogens is 2. The van der Waals surface area contributed by atoms with Gasteiger partial charge < -0.3 is 4.74 Å². The lowest BCUT2D eigenvalue weighted by atomic mass is 10.1. The molecular weight excluding hydrogens is 367 g/mol. The number of rotatable bonds is 6. The first-order chi connectivity index (χ1) is 13.1. The number of ether oxygens (including phenoxy) is 1. The molecule has 0 fully saturated rings. The third kappa shape index (κ3) is 4.89. The minimum Gasteiger partial charge on any atom is -0.423 e. The molecule has 0 saturated carbocycles. The van der Waals surface area contributed by atoms with Gasteiger partial charge in [-0.3, -0.25) is 0 Å². The Balaban J connectivity index is 1.74. The molecule has 4 nitrogen and oxygen atoms in total. The molecule has 0 aliphatic heterocycles. The van der Waals surface area contributed by atoms with Gasteiger partial charge >= 0.3 is 5.97 Å². The number of carbonyl (C=O) groups excluding carboxylic acids is 1. The topological polar surface area (TPSA) is 52.1 Å². The van der Waals surface area contributed by atoms with Gasteiger partial charge in [-0.2, -0.15) is 0 Å². The summed E-state index contributed by atoms with van der Waals surface area (Å²) in [5, 5.41) is 0.519. The van der Waals surface area contributed by atoms with Gasteiger partial charge in [-0.1, -0.05) is 31.0 Å². The van der Waals surface area contributed by atoms with Crippen molar-refractivity contribution in [3.05, 3.63) is 76.8 Å². The van der Waals surface area contributed by atoms with E-state index < -0.39 is 11.8 Å². The predicted molar refractivity (Wildman–Crippen MR) is 102 cm³/mol. The van der Waals surface area contributed by atoms with Crippen LogP contribution in [0.5, 0.6) is 5.75 Å². The third-order valence-corrected chi connectivity index (χ3v) is 4.25. The van der Waals surface area contributed by atoms with E-state index >= 15 is 0 Å². The summed E-state index contributed by atoms with van der Waals surface area (Å²) >= 11 is 5.79. The first-order valence-corrected chi connectivity index (χ1v) is 9.03. The lowest BCUT2D eigenvalue weighted by Crippen LogP contribution is -2.10. The predicted octanol–water partition coefficient (Wildman–Crippen LogP) is 5.50. The summed E-state index contributed by atoms with van der Waals surface area (Å²) in [4.78, 5) is 20.8. The number of unbranched alkanes of at least 4 members (excludes halogenated alkanes) is 1. The average molecular weight is 385 g/mol. The molecule has 27 heavy (non-hydrogen) atoms. The molecule has 0 spiro atoms. The minimum absolute atomic E-state index is 0.159. The van der Waals surface area contributed by atoms with Crippen LogP contribution in [0.3, 0.4) is 0 Å². The molecule has 0 amide bonds. The number of esters is 1. The van der Waals surface area contributed by atoms with Crippen LogP contribution < -0.4 is 4.74 Å². The Labute approximate surface area is 162 Å². The summed E-state index contributed by atoms with van der Waals surface area (Å²) < 4.78 is 19.6. The molecule has 6 heteroatoms. The van der Waals surface area contributed by atoms with Crippen LogP contribution in [0.2, 0.25) is 5.02 Å². The Bertz CT molecular complexity index is 928. The number of halogens is 2. The highest BCUT2D eigenvalue weighted by Crippen LogP contribution is 2.21. The van der Waals surface area contributed by atoms with Crippen molar-refractivity contribution >= 4 is 17.6 Å². The Morgan fingerprint density at radius 2 is 1.81 bits per heavy atom. The van der Waals surface area contributed by atoms with Gasteiger partial charge in [0.05, 0.1) is 5.56 Å². The quantitative estimate of drug-likeness (QED) is 0.416. The van der Waals surface area contributed by atoms with Crippen molar-refractivity contribution in [1.82, 2.24) is 9.97 Å². The molecule has 3 aromatic rings. The molecule has 0 unspecified atom stereocenters. The van der Waals surface area contributed by atoms with E-state index in [1.807, 2.05) is 0 Å². The van der Waals surface area contributed by atoms with Crippen molar-refractivity contribution in [2.75, 3.05) is 0 Å². The van der Waals surface area contributed by atoms with Crippen LogP contribution in [0.4, 0.5) is 4.39 Å². The lowest BCUT2D eigenvalue weighted by molar-refractivity contribution is 0.0730. The summed E-state index contributed by atoms with van der Waals surface area (Å²) in [6.45, 7) is 2.12. The summed E-state index contributed by atoms with van der Waals surface area (Å²) in [5.41, 5.74) is 1.38. The molecule has 0 N–H and O–H groups in total. The van der Waals surface area contributed by atoms with Gasteiger partial charge in [-0.15, -0.1) is 0 Å². The van der Waals surface area contributed by atoms with Gasteiger partial charge in [0.25, 0.3) is 0 Å². The Kier molecular flexibility index (Phi) is 6.14. The highest BCUT2D eigenvalue weighted by Gasteiger charge is 2.16. The molecule has 2 aromatic carbocycles. The number of benzene rings is 2. The second kappa shape index (κ2) is 8.73. The number of hydrogen-bond acceptors (Lipinski definition) is 4. The van der Waals surface area contributed by atoms with Crippen LogP contribution in [-0.2, 0) is 6.42 Å². The van der Waals surface area contributed by atoms with Gasteiger partial charge in [0.2, 0.25) is 0 Å². The van der Waals surface area contributed by atoms with E-state index in [2.05, 4.69) is 16.9 Å². The normalized spacial score (nSPS) is 10.6. The first kappa shape index (κ1) is 19.0. The molecule has 1 heterocycles. The second-order valence-electron chi connectivity index (χ2n) is 6.06. The van der Waals surface area contributed by atoms with E-state index in [4.69, 9.17) is 16.3 Å². The summed E-state index contributed by atoms with van der Waals surface area (Å²) in [5.74, 6) is -0.770. The Morgan fingerprint density at radius 1 is 1.11 bits per heavy atom. The molecule has 0 saturated heterocycles. The van der Waals surface area contributed by atoms with Crippen LogP contribution in [0.1, 0.15) is 35.7 Å². The largest absolute Gasteiger partial charge is 0.423 e. The van der Waals surface area contributed by atoms with E-state index in [0.717, 1.165) is 24.8 Å². The van der Waals surface area contributed by atoms with E-state index in [-0.39, 0.29) is 5.56 Å². The van der Waals surface area contributed by atoms with Crippen molar-refractivity contribution in [1.29, 1.82) is 0 Å². The first-order valence-electron chi connectivity index (χ1n) is 8.65. The fourth-order valence-electron chi connectivity index (χ4n) is 2.50. The van der Waals surface area contributed by atoms with Crippen molar-refractivity contribution in [2.24, 2.45) is 0 Å². The standard InChI is InChI=1S/C21H18ClFN2O2/c1-2-3-4-14-12-24-20(25-13-14)15-5-10-18(19(23)11-15)21(26)27-17-8-6-16(22)7-9-17/h5-13H,2-4H2,1H3. The highest BCUT2D eigenvalue weighted by atomic mass is 35.5. The van der Waals surface area contributed by atoms with E-state index in [1.165, 1.54) is 12.1 Å². The Morgan fingerprint density at radius 3 is 2.44 bits per heavy atom. The number of aryl methyl sites for hydroxylation is 1. The fourth-order valence-corrected chi connectivity index (χ4v) is 2.62. The number of nitrogens with zero attached hydrogens (tertiary/aromatic N) is 2. The summed E-state index contributed by atoms with van der Waals surface area (Å²) in [6, 6.07) is 10.5. The van der Waals surface area contributed by atoms with Gasteiger partial charge in [-0.05, 0) is 54.8 Å². The van der Waals surface area contributed by atoms with Crippen LogP contribution >= 0.6 is 11.6 Å². The van der Waals surface area contributed by atoms with Gasteiger partial charge in [-0.25, -0.2) is 19.2 Å². The van der Waals surface area contributed by atoms with Crippen LogP contribution in [0, 0.1) is 5.82 Å². The third-order valence-electron chi connectivity index (χ3n) is 4.00. The molecule has 0 atom stereocenters. The molecule has 3 rings (SSSR count). The molecule has 0 bridgehead atoms. The molecule has 138 valence electrons. The van der Waals surface area contributed by atoms with E-state index in [1.54, 1.807) is 42.7 Å². The maximum absolute atomic E-state index is 14.4. The van der Waals surface area contributed by atoms with Crippen molar-refractivity contribution < 1.29 is 13.9 Å². The van der Waals surface area contributed by atoms with Crippen LogP contribution in [-0.4, -0.2) is 15.9 Å². The average Bonchev–Trinajstić information content (AvgIpc) is 2.68. The van der Waals surface area contributed by atoms with Crippen molar-refractivity contribution in [3.8, 4) is 17.1 Å². The summed E-state index contributed by atoms with van der Waals surface area (Å²) in [6.07, 6.45) is 6.58. The van der Waals surface area contributed by atoms with Crippen molar-refractivity contribution in [3.63, 3.8) is 0 Å². The number of hydrogen-bond donors (Lipinski definition) is 0. The number of carbonyl (C=O) groups is 1. The van der Waals surface area contributed by atoms with Gasteiger partial charge in [0.1, 0.15) is 11.6 Å². The zero-order chi connectivity index (χ0) is 19.2. The zero-order valence-corrected chi connectivity index (χ0v) is 15.5. The molecule has 0 aliphatic rings. The molecule has 1 aromatic heterocycles. The maximum atomic E-state index is 14.4. The fraction of sp³-hybridized carbons (Fsp3) is 0.190. The Hall–Kier alpha value is -2.79.